The maximum atomic E-state index is 12.7. The van der Waals surface area contributed by atoms with Gasteiger partial charge in [-0.3, -0.25) is 0 Å². The molecular weight excluding hydrogens is 247 g/mol. The second kappa shape index (κ2) is 6.31. The van der Waals surface area contributed by atoms with E-state index >= 15 is 0 Å². The van der Waals surface area contributed by atoms with Crippen LogP contribution in [0.3, 0.4) is 0 Å². The summed E-state index contributed by atoms with van der Waals surface area (Å²) in [5.74, 6) is -0.678. The van der Waals surface area contributed by atoms with Crippen LogP contribution in [0.1, 0.15) is 37.7 Å². The molecule has 1 aromatic carbocycles. The van der Waals surface area contributed by atoms with E-state index in [0.717, 1.165) is 25.7 Å². The van der Waals surface area contributed by atoms with Crippen molar-refractivity contribution in [2.24, 2.45) is 16.8 Å². The van der Waals surface area contributed by atoms with Gasteiger partial charge in [-0.25, -0.2) is 9.18 Å². The van der Waals surface area contributed by atoms with Crippen molar-refractivity contribution in [1.29, 1.82) is 0 Å². The lowest BCUT2D eigenvalue weighted by Gasteiger charge is -2.18. The third-order valence-electron chi connectivity index (χ3n) is 3.31. The molecule has 2 rings (SSSR count). The third kappa shape index (κ3) is 3.77. The van der Waals surface area contributed by atoms with Crippen molar-refractivity contribution < 1.29 is 14.0 Å². The number of oxime groups is 1. The summed E-state index contributed by atoms with van der Waals surface area (Å²) in [7, 11) is 0. The van der Waals surface area contributed by atoms with Gasteiger partial charge >= 0.3 is 5.97 Å². The van der Waals surface area contributed by atoms with Crippen molar-refractivity contribution in [2.75, 3.05) is 0 Å². The number of hydrogen-bond acceptors (Lipinski definition) is 3. The van der Waals surface area contributed by atoms with E-state index in [0.29, 0.717) is 5.56 Å². The number of hydrogen-bond donors (Lipinski definition) is 1. The van der Waals surface area contributed by atoms with Crippen molar-refractivity contribution in [2.45, 2.75) is 32.1 Å². The van der Waals surface area contributed by atoms with Crippen molar-refractivity contribution >= 4 is 11.8 Å². The van der Waals surface area contributed by atoms with Crippen LogP contribution in [0.25, 0.3) is 0 Å². The van der Waals surface area contributed by atoms with Crippen molar-refractivity contribution in [3.8, 4) is 0 Å². The van der Waals surface area contributed by atoms with Crippen LogP contribution in [0.4, 0.5) is 4.39 Å². The Labute approximate surface area is 111 Å². The van der Waals surface area contributed by atoms with Gasteiger partial charge < -0.3 is 10.6 Å². The summed E-state index contributed by atoms with van der Waals surface area (Å²) in [6.45, 7) is 0. The first-order valence-electron chi connectivity index (χ1n) is 6.47. The van der Waals surface area contributed by atoms with E-state index in [1.54, 1.807) is 0 Å². The van der Waals surface area contributed by atoms with E-state index in [-0.39, 0.29) is 23.5 Å². The summed E-state index contributed by atoms with van der Waals surface area (Å²) < 4.78 is 12.7. The second-order valence-corrected chi connectivity index (χ2v) is 4.73. The molecule has 5 heteroatoms. The fourth-order valence-corrected chi connectivity index (χ4v) is 2.18. The predicted octanol–water partition coefficient (Wildman–Crippen LogP) is 2.57. The molecule has 0 saturated heterocycles. The Bertz CT molecular complexity index is 465. The van der Waals surface area contributed by atoms with E-state index < -0.39 is 0 Å². The van der Waals surface area contributed by atoms with E-state index in [1.807, 2.05) is 0 Å². The second-order valence-electron chi connectivity index (χ2n) is 4.73. The zero-order valence-corrected chi connectivity index (χ0v) is 10.6. The van der Waals surface area contributed by atoms with E-state index in [4.69, 9.17) is 10.6 Å². The number of amidine groups is 1. The highest BCUT2D eigenvalue weighted by molar-refractivity contribution is 5.97. The smallest absolute Gasteiger partial charge is 0.338 e. The van der Waals surface area contributed by atoms with Crippen LogP contribution in [-0.2, 0) is 9.63 Å². The van der Waals surface area contributed by atoms with E-state index in [1.165, 1.54) is 30.7 Å². The first-order chi connectivity index (χ1) is 9.16. The monoisotopic (exact) mass is 264 g/mol. The zero-order chi connectivity index (χ0) is 13.7. The van der Waals surface area contributed by atoms with Gasteiger partial charge in [0.15, 0.2) is 5.84 Å². The topological polar surface area (TPSA) is 64.7 Å². The molecule has 0 amide bonds. The number of benzene rings is 1. The van der Waals surface area contributed by atoms with Gasteiger partial charge in [0.1, 0.15) is 5.82 Å². The largest absolute Gasteiger partial charge is 0.380 e. The molecule has 1 saturated carbocycles. The van der Waals surface area contributed by atoms with Crippen LogP contribution in [0.15, 0.2) is 29.4 Å². The summed E-state index contributed by atoms with van der Waals surface area (Å²) in [6, 6.07) is 5.53. The Morgan fingerprint density at radius 2 is 1.84 bits per heavy atom. The molecule has 1 aliphatic rings. The molecule has 0 unspecified atom stereocenters. The molecule has 4 nitrogen and oxygen atoms in total. The minimum atomic E-state index is -0.351. The number of nitrogens with zero attached hydrogens (tertiary/aromatic N) is 1. The standard InChI is InChI=1S/C14H17FN2O2/c15-12-8-6-10(7-9-12)13(16)17-19-14(18)11-4-2-1-3-5-11/h6-9,11H,1-5H2,(H2,16,17). The zero-order valence-electron chi connectivity index (χ0n) is 10.6. The quantitative estimate of drug-likeness (QED) is 0.395. The number of nitrogens with two attached hydrogens (primary N) is 1. The van der Waals surface area contributed by atoms with Gasteiger partial charge in [0.2, 0.25) is 0 Å². The average molecular weight is 264 g/mol. The Balaban J connectivity index is 1.93. The van der Waals surface area contributed by atoms with Crippen LogP contribution in [-0.4, -0.2) is 11.8 Å². The van der Waals surface area contributed by atoms with Gasteiger partial charge in [-0.1, -0.05) is 24.4 Å². The minimum Gasteiger partial charge on any atom is -0.380 e. The van der Waals surface area contributed by atoms with Crippen LogP contribution < -0.4 is 5.73 Å². The highest BCUT2D eigenvalue weighted by atomic mass is 19.1. The highest BCUT2D eigenvalue weighted by Gasteiger charge is 2.22. The van der Waals surface area contributed by atoms with Crippen LogP contribution in [0, 0.1) is 11.7 Å². The normalized spacial score (nSPS) is 17.2. The van der Waals surface area contributed by atoms with Crippen molar-refractivity contribution in [3.63, 3.8) is 0 Å². The molecule has 0 aromatic heterocycles. The van der Waals surface area contributed by atoms with Gasteiger partial charge in [-0.2, -0.15) is 0 Å². The Hall–Kier alpha value is -1.91. The lowest BCUT2D eigenvalue weighted by atomic mass is 9.89. The Kier molecular flexibility index (Phi) is 4.49. The molecule has 0 atom stereocenters. The molecule has 1 aromatic rings. The molecule has 2 N–H and O–H groups in total. The maximum Gasteiger partial charge on any atom is 0.338 e. The van der Waals surface area contributed by atoms with Gasteiger partial charge in [0, 0.05) is 5.56 Å². The first kappa shape index (κ1) is 13.5. The third-order valence-corrected chi connectivity index (χ3v) is 3.31. The number of carbonyl (C=O) groups excluding carboxylic acids is 1. The number of rotatable bonds is 3. The SMILES string of the molecule is N/C(=N\OC(=O)C1CCCCC1)c1ccc(F)cc1. The first-order valence-corrected chi connectivity index (χ1v) is 6.47. The fraction of sp³-hybridized carbons (Fsp3) is 0.429. The lowest BCUT2D eigenvalue weighted by molar-refractivity contribution is -0.149. The number of halogens is 1. The van der Waals surface area contributed by atoms with Crippen molar-refractivity contribution in [3.05, 3.63) is 35.6 Å². The lowest BCUT2D eigenvalue weighted by Crippen LogP contribution is -2.21. The molecule has 0 spiro atoms. The van der Waals surface area contributed by atoms with E-state index in [2.05, 4.69) is 5.16 Å². The summed E-state index contributed by atoms with van der Waals surface area (Å²) in [5, 5.41) is 3.62. The Morgan fingerprint density at radius 3 is 2.47 bits per heavy atom. The molecule has 0 bridgehead atoms. The van der Waals surface area contributed by atoms with Gasteiger partial charge in [-0.05, 0) is 37.1 Å². The van der Waals surface area contributed by atoms with Crippen LogP contribution in [0.2, 0.25) is 0 Å². The average Bonchev–Trinajstić information content (AvgIpc) is 2.46. The molecule has 1 fully saturated rings. The number of carbonyl (C=O) groups is 1. The summed E-state index contributed by atoms with van der Waals surface area (Å²) >= 11 is 0. The predicted molar refractivity (Wildman–Crippen MR) is 69.8 cm³/mol. The molecule has 0 heterocycles. The minimum absolute atomic E-state index is 0.0708. The van der Waals surface area contributed by atoms with E-state index in [9.17, 15) is 9.18 Å². The summed E-state index contributed by atoms with van der Waals surface area (Å²) in [5.41, 5.74) is 6.20. The molecule has 1 aliphatic carbocycles. The maximum absolute atomic E-state index is 12.7. The summed E-state index contributed by atoms with van der Waals surface area (Å²) in [6.07, 6.45) is 4.98. The molecule has 102 valence electrons. The fourth-order valence-electron chi connectivity index (χ4n) is 2.18. The van der Waals surface area contributed by atoms with Crippen LogP contribution in [0.5, 0.6) is 0 Å². The van der Waals surface area contributed by atoms with Gasteiger partial charge in [0.25, 0.3) is 0 Å². The molecule has 0 radical (unpaired) electrons. The highest BCUT2D eigenvalue weighted by Crippen LogP contribution is 2.24. The molecule has 0 aliphatic heterocycles. The van der Waals surface area contributed by atoms with Crippen LogP contribution >= 0.6 is 0 Å². The van der Waals surface area contributed by atoms with Crippen molar-refractivity contribution in [1.82, 2.24) is 0 Å². The Morgan fingerprint density at radius 1 is 1.21 bits per heavy atom. The van der Waals surface area contributed by atoms with Gasteiger partial charge in [0.05, 0.1) is 5.92 Å². The summed E-state index contributed by atoms with van der Waals surface area (Å²) in [4.78, 5) is 16.6. The molecule has 19 heavy (non-hydrogen) atoms. The van der Waals surface area contributed by atoms with Gasteiger partial charge in [-0.15, -0.1) is 0 Å². The molecular formula is C14H17FN2O2.